The van der Waals surface area contributed by atoms with Crippen LogP contribution in [0.15, 0.2) is 24.3 Å². The molecule has 0 aliphatic heterocycles. The Hall–Kier alpha value is 0.470. The third-order valence-electron chi connectivity index (χ3n) is 1.05. The Kier molecular flexibility index (Phi) is 2.78. The van der Waals surface area contributed by atoms with Crippen molar-refractivity contribution in [3.8, 4) is 0 Å². The molecule has 0 spiro atoms. The largest absolute Gasteiger partial charge is 0.178 e. The van der Waals surface area contributed by atoms with Gasteiger partial charge in [0.25, 0.3) is 0 Å². The lowest BCUT2D eigenvalue weighted by atomic mass is 10.2. The van der Waals surface area contributed by atoms with E-state index in [1.54, 1.807) is 0 Å². The molecule has 0 N–H and O–H groups in total. The number of halogens is 3. The van der Waals surface area contributed by atoms with Crippen molar-refractivity contribution in [1.29, 1.82) is 0 Å². The average Bonchev–Trinajstić information content (AvgIpc) is 1.88. The smallest absolute Gasteiger partial charge is 0.0886 e. The predicted molar refractivity (Wildman–Crippen MR) is 50.7 cm³/mol. The first-order chi connectivity index (χ1) is 4.61. The van der Waals surface area contributed by atoms with Crippen LogP contribution in [0.5, 0.6) is 0 Å². The second kappa shape index (κ2) is 3.24. The Morgan fingerprint density at radius 2 is 1.80 bits per heavy atom. The maximum absolute atomic E-state index is 5.88. The van der Waals surface area contributed by atoms with Gasteiger partial charge in [0.2, 0.25) is 0 Å². The summed E-state index contributed by atoms with van der Waals surface area (Å²) in [6, 6.07) is 10.3. The number of rotatable bonds is 1. The van der Waals surface area contributed by atoms with Gasteiger partial charge < -0.3 is 0 Å². The van der Waals surface area contributed by atoms with E-state index in [4.69, 9.17) is 11.6 Å². The first-order valence-electron chi connectivity index (χ1n) is 2.64. The molecule has 1 aromatic rings. The van der Waals surface area contributed by atoms with Gasteiger partial charge in [0, 0.05) is 0 Å². The summed E-state index contributed by atoms with van der Waals surface area (Å²) in [5.41, 5.74) is 0.966. The van der Waals surface area contributed by atoms with Gasteiger partial charge in [0.15, 0.2) is 2.69 Å². The van der Waals surface area contributed by atoms with Gasteiger partial charge in [-0.05, 0) is 43.5 Å². The van der Waals surface area contributed by atoms with Crippen LogP contribution in [-0.2, 0) is 2.69 Å². The molecule has 0 amide bonds. The van der Waals surface area contributed by atoms with Crippen LogP contribution >= 0.6 is 43.5 Å². The van der Waals surface area contributed by atoms with Crippen molar-refractivity contribution >= 4 is 43.5 Å². The summed E-state index contributed by atoms with van der Waals surface area (Å²) in [4.78, 5) is 0. The summed E-state index contributed by atoms with van der Waals surface area (Å²) >= 11 is 12.4. The lowest BCUT2D eigenvalue weighted by Gasteiger charge is -2.10. The zero-order valence-corrected chi connectivity index (χ0v) is 8.87. The van der Waals surface area contributed by atoms with E-state index in [1.165, 1.54) is 0 Å². The zero-order chi connectivity index (χ0) is 7.61. The molecule has 1 aromatic carbocycles. The van der Waals surface area contributed by atoms with E-state index >= 15 is 0 Å². The Labute approximate surface area is 81.8 Å². The van der Waals surface area contributed by atoms with E-state index in [9.17, 15) is 0 Å². The fraction of sp³-hybridized carbons (Fsp3) is 0.143. The van der Waals surface area contributed by atoms with E-state index < -0.39 is 2.69 Å². The summed E-state index contributed by atoms with van der Waals surface area (Å²) in [7, 11) is 0. The van der Waals surface area contributed by atoms with E-state index in [0.717, 1.165) is 5.56 Å². The highest BCUT2D eigenvalue weighted by Gasteiger charge is 2.19. The molecule has 10 heavy (non-hydrogen) atoms. The maximum atomic E-state index is 5.88. The predicted octanol–water partition coefficient (Wildman–Crippen LogP) is 3.63. The molecule has 0 saturated carbocycles. The zero-order valence-electron chi connectivity index (χ0n) is 4.94. The number of alkyl halides is 3. The second-order valence-corrected chi connectivity index (χ2v) is 6.71. The lowest BCUT2D eigenvalue weighted by Crippen LogP contribution is -1.96. The monoisotopic (exact) mass is 281 g/mol. The summed E-state index contributed by atoms with van der Waals surface area (Å²) in [6.45, 7) is 0. The molecular formula is C7H4Br2Cl. The van der Waals surface area contributed by atoms with Gasteiger partial charge in [-0.15, -0.1) is 0 Å². The summed E-state index contributed by atoms with van der Waals surface area (Å²) in [5, 5.41) is 0. The average molecular weight is 283 g/mol. The van der Waals surface area contributed by atoms with Crippen LogP contribution in [0.1, 0.15) is 5.56 Å². The van der Waals surface area contributed by atoms with Crippen LogP contribution in [0.25, 0.3) is 0 Å². The molecule has 1 radical (unpaired) electrons. The minimum atomic E-state index is -0.630. The molecule has 0 aliphatic carbocycles. The van der Waals surface area contributed by atoms with Crippen LogP contribution in [-0.4, -0.2) is 0 Å². The van der Waals surface area contributed by atoms with E-state index in [1.807, 2.05) is 24.3 Å². The molecule has 3 heteroatoms. The molecule has 0 bridgehead atoms. The van der Waals surface area contributed by atoms with Crippen molar-refractivity contribution < 1.29 is 0 Å². The fourth-order valence-electron chi connectivity index (χ4n) is 0.576. The molecule has 0 fully saturated rings. The Balaban J connectivity index is 2.97. The Morgan fingerprint density at radius 1 is 1.30 bits per heavy atom. The van der Waals surface area contributed by atoms with Gasteiger partial charge in [-0.3, -0.25) is 0 Å². The molecule has 0 unspecified atom stereocenters. The summed E-state index contributed by atoms with van der Waals surface area (Å²) in [5.74, 6) is 0. The number of hydrogen-bond donors (Lipinski definition) is 0. The van der Waals surface area contributed by atoms with E-state index in [0.29, 0.717) is 0 Å². The second-order valence-electron chi connectivity index (χ2n) is 1.79. The van der Waals surface area contributed by atoms with Gasteiger partial charge in [-0.25, -0.2) is 0 Å². The SMILES string of the molecule is ClC(Br)(Br)c1cc[c]cc1. The van der Waals surface area contributed by atoms with Crippen LogP contribution in [0.2, 0.25) is 0 Å². The maximum Gasteiger partial charge on any atom is 0.178 e. The van der Waals surface area contributed by atoms with Crippen molar-refractivity contribution in [3.63, 3.8) is 0 Å². The molecule has 0 nitrogen and oxygen atoms in total. The van der Waals surface area contributed by atoms with E-state index in [2.05, 4.69) is 37.9 Å². The molecule has 0 saturated heterocycles. The molecule has 1 rings (SSSR count). The summed E-state index contributed by atoms with van der Waals surface area (Å²) in [6.07, 6.45) is 0. The highest BCUT2D eigenvalue weighted by molar-refractivity contribution is 9.25. The molecule has 0 atom stereocenters. The van der Waals surface area contributed by atoms with Crippen molar-refractivity contribution in [1.82, 2.24) is 0 Å². The highest BCUT2D eigenvalue weighted by Crippen LogP contribution is 2.41. The normalized spacial score (nSPS) is 11.5. The van der Waals surface area contributed by atoms with Gasteiger partial charge in [-0.1, -0.05) is 35.9 Å². The standard InChI is InChI=1S/C7H4Br2Cl/c8-7(9,10)6-4-2-1-3-5-6/h2-5H. The van der Waals surface area contributed by atoms with Crippen molar-refractivity contribution in [2.75, 3.05) is 0 Å². The minimum absolute atomic E-state index is 0.630. The summed E-state index contributed by atoms with van der Waals surface area (Å²) < 4.78 is -0.630. The van der Waals surface area contributed by atoms with E-state index in [-0.39, 0.29) is 0 Å². The van der Waals surface area contributed by atoms with Gasteiger partial charge in [-0.2, -0.15) is 0 Å². The molecule has 0 aromatic heterocycles. The van der Waals surface area contributed by atoms with Gasteiger partial charge in [0.05, 0.1) is 0 Å². The molecule has 0 heterocycles. The van der Waals surface area contributed by atoms with Crippen LogP contribution in [0.4, 0.5) is 0 Å². The van der Waals surface area contributed by atoms with Crippen molar-refractivity contribution in [2.24, 2.45) is 0 Å². The Bertz CT molecular complexity index is 203. The van der Waals surface area contributed by atoms with Crippen molar-refractivity contribution in [2.45, 2.75) is 2.69 Å². The topological polar surface area (TPSA) is 0 Å². The van der Waals surface area contributed by atoms with Crippen molar-refractivity contribution in [3.05, 3.63) is 35.9 Å². The number of hydrogen-bond acceptors (Lipinski definition) is 0. The fourth-order valence-corrected chi connectivity index (χ4v) is 1.23. The lowest BCUT2D eigenvalue weighted by molar-refractivity contribution is 1.33. The number of benzene rings is 1. The van der Waals surface area contributed by atoms with Crippen LogP contribution < -0.4 is 0 Å². The first kappa shape index (κ1) is 8.57. The quantitative estimate of drug-likeness (QED) is 0.691. The first-order valence-corrected chi connectivity index (χ1v) is 4.60. The third-order valence-corrected chi connectivity index (χ3v) is 2.18. The Morgan fingerprint density at radius 3 is 2.10 bits per heavy atom. The highest BCUT2D eigenvalue weighted by atomic mass is 79.9. The molecule has 53 valence electrons. The third kappa shape index (κ3) is 2.26. The molecule has 0 aliphatic rings. The minimum Gasteiger partial charge on any atom is -0.0886 e. The van der Waals surface area contributed by atoms with Crippen LogP contribution in [0, 0.1) is 6.07 Å². The molecular weight excluding hydrogens is 279 g/mol. The van der Waals surface area contributed by atoms with Gasteiger partial charge >= 0.3 is 0 Å². The van der Waals surface area contributed by atoms with Crippen LogP contribution in [0.3, 0.4) is 0 Å². The van der Waals surface area contributed by atoms with Gasteiger partial charge in [0.1, 0.15) is 0 Å².